The van der Waals surface area contributed by atoms with Gasteiger partial charge in [-0.1, -0.05) is 0 Å². The number of fused-ring (bicyclic) bond motifs is 1. The van der Waals surface area contributed by atoms with Crippen molar-refractivity contribution in [3.8, 4) is 5.75 Å². The summed E-state index contributed by atoms with van der Waals surface area (Å²) in [7, 11) is -2.13. The van der Waals surface area contributed by atoms with E-state index >= 15 is 0 Å². The smallest absolute Gasteiger partial charge is 0.149 e. The molecule has 0 atom stereocenters. The van der Waals surface area contributed by atoms with Crippen LogP contribution in [0.1, 0.15) is 5.56 Å². The quantitative estimate of drug-likeness (QED) is 0.433. The van der Waals surface area contributed by atoms with Gasteiger partial charge in [0.2, 0.25) is 0 Å². The van der Waals surface area contributed by atoms with E-state index in [1.165, 1.54) is 5.56 Å². The molecule has 0 amide bonds. The number of aromatic amines is 1. The van der Waals surface area contributed by atoms with Crippen LogP contribution in [0.25, 0.3) is 10.9 Å². The predicted molar refractivity (Wildman–Crippen MR) is 83.6 cm³/mol. The lowest BCUT2D eigenvalue weighted by atomic mass is 10.1. The van der Waals surface area contributed by atoms with Crippen LogP contribution in [0.3, 0.4) is 0 Å². The average molecular weight is 329 g/mol. The third kappa shape index (κ3) is 4.92. The Labute approximate surface area is 127 Å². The number of hydrogen-bond acceptors (Lipinski definition) is 6. The molecule has 8 heteroatoms. The van der Waals surface area contributed by atoms with E-state index < -0.39 is 9.15 Å². The zero-order valence-corrected chi connectivity index (χ0v) is 13.2. The van der Waals surface area contributed by atoms with E-state index in [9.17, 15) is 13.0 Å². The fourth-order valence-corrected chi connectivity index (χ4v) is 3.35. The molecule has 2 rings (SSSR count). The van der Waals surface area contributed by atoms with Crippen LogP contribution >= 0.6 is 10.8 Å². The monoisotopic (exact) mass is 329 g/mol. The van der Waals surface area contributed by atoms with Gasteiger partial charge in [0, 0.05) is 29.4 Å². The minimum Gasteiger partial charge on any atom is -0.739 e. The molecule has 0 aliphatic rings. The molecule has 0 unspecified atom stereocenters. The number of methoxy groups -OCH3 is 1. The number of benzene rings is 1. The summed E-state index contributed by atoms with van der Waals surface area (Å²) >= 11 is 0. The van der Waals surface area contributed by atoms with Crippen molar-refractivity contribution in [1.82, 2.24) is 10.3 Å². The molecule has 0 bridgehead atoms. The third-order valence-corrected chi connectivity index (χ3v) is 5.08. The summed E-state index contributed by atoms with van der Waals surface area (Å²) in [4.78, 5) is 3.20. The van der Waals surface area contributed by atoms with Crippen molar-refractivity contribution in [1.29, 1.82) is 0 Å². The lowest BCUT2D eigenvalue weighted by Gasteiger charge is -2.07. The molecule has 6 nitrogen and oxygen atoms in total. The summed E-state index contributed by atoms with van der Waals surface area (Å²) in [5.74, 6) is 1.07. The maximum absolute atomic E-state index is 10.4. The Morgan fingerprint density at radius 1 is 1.38 bits per heavy atom. The lowest BCUT2D eigenvalue weighted by molar-refractivity contribution is 0.415. The van der Waals surface area contributed by atoms with Crippen LogP contribution in [0.5, 0.6) is 5.75 Å². The minimum atomic E-state index is -4.18. The van der Waals surface area contributed by atoms with Crippen molar-refractivity contribution in [2.75, 3.05) is 26.0 Å². The summed E-state index contributed by atoms with van der Waals surface area (Å²) in [6.07, 6.45) is 2.77. The van der Waals surface area contributed by atoms with Crippen LogP contribution in [-0.2, 0) is 15.6 Å². The standard InChI is InChI=1S/C13H18N2O4S2/c1-19-11-2-3-13-12(8-11)10(9-15-13)4-5-14-6-7-20-21(16,17)18/h2-3,8-9,14-15H,4-7H2,1H3,(H,16,17,18)/p-1. The second kappa shape index (κ2) is 7.17. The topological polar surface area (TPSA) is 94.2 Å². The van der Waals surface area contributed by atoms with Crippen LogP contribution in [0, 0.1) is 0 Å². The molecule has 0 fully saturated rings. The normalized spacial score (nSPS) is 11.9. The predicted octanol–water partition coefficient (Wildman–Crippen LogP) is 1.50. The Kier molecular flexibility index (Phi) is 5.51. The Morgan fingerprint density at radius 2 is 2.19 bits per heavy atom. The van der Waals surface area contributed by atoms with Gasteiger partial charge in [-0.15, -0.1) is 0 Å². The number of aromatic nitrogens is 1. The number of H-pyrrole nitrogens is 1. The SMILES string of the molecule is COc1ccc2[nH]cc(CCNCCSS(=O)(=O)[O-])c2c1. The first-order chi connectivity index (χ1) is 9.99. The Hall–Kier alpha value is -1.22. The van der Waals surface area contributed by atoms with Crippen LogP contribution < -0.4 is 10.1 Å². The van der Waals surface area contributed by atoms with Gasteiger partial charge in [-0.25, -0.2) is 8.42 Å². The molecule has 0 aliphatic carbocycles. The summed E-state index contributed by atoms with van der Waals surface area (Å²) < 4.78 is 36.5. The van der Waals surface area contributed by atoms with E-state index in [-0.39, 0.29) is 5.75 Å². The molecule has 2 N–H and O–H groups in total. The van der Waals surface area contributed by atoms with Gasteiger partial charge in [-0.2, -0.15) is 0 Å². The van der Waals surface area contributed by atoms with Crippen molar-refractivity contribution in [3.63, 3.8) is 0 Å². The highest BCUT2D eigenvalue weighted by Gasteiger charge is 2.05. The zero-order chi connectivity index (χ0) is 15.3. The molecular formula is C13H17N2O4S2-. The molecule has 1 heterocycles. The molecule has 0 radical (unpaired) electrons. The highest BCUT2D eigenvalue weighted by Crippen LogP contribution is 2.23. The molecule has 0 saturated carbocycles. The van der Waals surface area contributed by atoms with Crippen molar-refractivity contribution < 1.29 is 17.7 Å². The molecule has 1 aromatic carbocycles. The summed E-state index contributed by atoms with van der Waals surface area (Å²) in [5.41, 5.74) is 2.22. The first kappa shape index (κ1) is 16.2. The van der Waals surface area contributed by atoms with Gasteiger partial charge in [0.25, 0.3) is 0 Å². The number of rotatable bonds is 8. The van der Waals surface area contributed by atoms with Gasteiger partial charge in [-0.05, 0) is 47.5 Å². The Balaban J connectivity index is 1.83. The molecule has 116 valence electrons. The van der Waals surface area contributed by atoms with Gasteiger partial charge in [-0.3, -0.25) is 0 Å². The molecule has 0 aliphatic heterocycles. The van der Waals surface area contributed by atoms with Gasteiger partial charge in [0.15, 0.2) is 0 Å². The second-order valence-corrected chi connectivity index (χ2v) is 7.85. The van der Waals surface area contributed by atoms with E-state index in [2.05, 4.69) is 10.3 Å². The maximum atomic E-state index is 10.4. The number of ether oxygens (including phenoxy) is 1. The van der Waals surface area contributed by atoms with E-state index in [4.69, 9.17) is 4.74 Å². The van der Waals surface area contributed by atoms with E-state index in [1.807, 2.05) is 24.4 Å². The fraction of sp³-hybridized carbons (Fsp3) is 0.385. The fourth-order valence-electron chi connectivity index (χ4n) is 2.06. The maximum Gasteiger partial charge on any atom is 0.149 e. The Bertz CT molecular complexity index is 697. The number of nitrogens with one attached hydrogen (secondary N) is 2. The molecule has 21 heavy (non-hydrogen) atoms. The molecule has 1 aromatic heterocycles. The second-order valence-electron chi connectivity index (χ2n) is 4.46. The lowest BCUT2D eigenvalue weighted by Crippen LogP contribution is -2.20. The first-order valence-electron chi connectivity index (χ1n) is 6.44. The highest BCUT2D eigenvalue weighted by molar-refractivity contribution is 8.69. The molecule has 0 spiro atoms. The average Bonchev–Trinajstić information content (AvgIpc) is 2.83. The van der Waals surface area contributed by atoms with Crippen molar-refractivity contribution in [2.24, 2.45) is 0 Å². The van der Waals surface area contributed by atoms with Crippen LogP contribution in [0.4, 0.5) is 0 Å². The van der Waals surface area contributed by atoms with Crippen LogP contribution in [0.2, 0.25) is 0 Å². The van der Waals surface area contributed by atoms with E-state index in [1.54, 1.807) is 7.11 Å². The molecule has 2 aromatic rings. The van der Waals surface area contributed by atoms with Gasteiger partial charge < -0.3 is 19.6 Å². The molecule has 0 saturated heterocycles. The summed E-state index contributed by atoms with van der Waals surface area (Å²) in [5, 5.41) is 4.24. The van der Waals surface area contributed by atoms with Crippen molar-refractivity contribution in [3.05, 3.63) is 30.0 Å². The van der Waals surface area contributed by atoms with Gasteiger partial charge >= 0.3 is 0 Å². The Morgan fingerprint density at radius 3 is 2.90 bits per heavy atom. The van der Waals surface area contributed by atoms with Crippen molar-refractivity contribution in [2.45, 2.75) is 6.42 Å². The summed E-state index contributed by atoms with van der Waals surface area (Å²) in [6, 6.07) is 5.86. The van der Waals surface area contributed by atoms with E-state index in [0.29, 0.717) is 23.9 Å². The number of hydrogen-bond donors (Lipinski definition) is 2. The van der Waals surface area contributed by atoms with Crippen LogP contribution in [0.15, 0.2) is 24.4 Å². The highest BCUT2D eigenvalue weighted by atomic mass is 33.1. The minimum absolute atomic E-state index is 0.257. The largest absolute Gasteiger partial charge is 0.739 e. The zero-order valence-electron chi connectivity index (χ0n) is 11.6. The van der Waals surface area contributed by atoms with Gasteiger partial charge in [0.1, 0.15) is 14.9 Å². The third-order valence-electron chi connectivity index (χ3n) is 3.05. The van der Waals surface area contributed by atoms with Crippen LogP contribution in [-0.4, -0.2) is 43.9 Å². The molecular weight excluding hydrogens is 312 g/mol. The van der Waals surface area contributed by atoms with E-state index in [0.717, 1.165) is 23.1 Å². The van der Waals surface area contributed by atoms with Gasteiger partial charge in [0.05, 0.1) is 7.11 Å². The van der Waals surface area contributed by atoms with Crippen molar-refractivity contribution >= 4 is 30.8 Å². The summed E-state index contributed by atoms with van der Waals surface area (Å²) in [6.45, 7) is 1.20. The first-order valence-corrected chi connectivity index (χ1v) is 9.35.